The van der Waals surface area contributed by atoms with Crippen molar-refractivity contribution >= 4 is 22.2 Å². The Morgan fingerprint density at radius 1 is 1.25 bits per heavy atom. The van der Waals surface area contributed by atoms with Gasteiger partial charge in [0.1, 0.15) is 17.0 Å². The lowest BCUT2D eigenvalue weighted by Crippen LogP contribution is -2.39. The standard InChI is InChI=1S/C18H20FN3OS/c1-10(2)22-8-7-13-14(9-22)24-18-15(13)17(23)20-16(21-18)11-3-5-12(19)6-4-11/h3-6,10,16,21H,7-9H2,1-2H3,(H,20,23)/t16-/m1/s1. The van der Waals surface area contributed by atoms with E-state index in [-0.39, 0.29) is 17.9 Å². The summed E-state index contributed by atoms with van der Waals surface area (Å²) < 4.78 is 13.1. The molecule has 0 bridgehead atoms. The molecule has 0 fully saturated rings. The van der Waals surface area contributed by atoms with Gasteiger partial charge in [0.05, 0.1) is 5.56 Å². The van der Waals surface area contributed by atoms with E-state index in [2.05, 4.69) is 29.4 Å². The number of hydrogen-bond acceptors (Lipinski definition) is 4. The molecule has 126 valence electrons. The molecule has 24 heavy (non-hydrogen) atoms. The Morgan fingerprint density at radius 2 is 2.00 bits per heavy atom. The Bertz CT molecular complexity index is 784. The molecule has 0 unspecified atom stereocenters. The van der Waals surface area contributed by atoms with Gasteiger partial charge in [-0.15, -0.1) is 11.3 Å². The van der Waals surface area contributed by atoms with Crippen molar-refractivity contribution in [3.05, 3.63) is 51.7 Å². The van der Waals surface area contributed by atoms with Crippen LogP contribution in [0.25, 0.3) is 0 Å². The second-order valence-electron chi connectivity index (χ2n) is 6.62. The van der Waals surface area contributed by atoms with Crippen molar-refractivity contribution in [1.82, 2.24) is 10.2 Å². The number of halogens is 1. The summed E-state index contributed by atoms with van der Waals surface area (Å²) in [6.07, 6.45) is 0.599. The van der Waals surface area contributed by atoms with Gasteiger partial charge in [-0.05, 0) is 43.5 Å². The van der Waals surface area contributed by atoms with E-state index in [1.54, 1.807) is 23.5 Å². The molecular formula is C18H20FN3OS. The summed E-state index contributed by atoms with van der Waals surface area (Å²) in [5, 5.41) is 7.34. The van der Waals surface area contributed by atoms with Gasteiger partial charge in [-0.1, -0.05) is 12.1 Å². The third kappa shape index (κ3) is 2.59. The summed E-state index contributed by atoms with van der Waals surface area (Å²) in [6, 6.07) is 6.74. The SMILES string of the molecule is CC(C)N1CCc2c(sc3c2C(=O)N[C@@H](c2ccc(F)cc2)N3)C1. The van der Waals surface area contributed by atoms with Crippen molar-refractivity contribution < 1.29 is 9.18 Å². The number of fused-ring (bicyclic) bond motifs is 3. The fraction of sp³-hybridized carbons (Fsp3) is 0.389. The predicted molar refractivity (Wildman–Crippen MR) is 93.8 cm³/mol. The lowest BCUT2D eigenvalue weighted by atomic mass is 9.99. The Morgan fingerprint density at radius 3 is 2.71 bits per heavy atom. The number of amides is 1. The largest absolute Gasteiger partial charge is 0.353 e. The summed E-state index contributed by atoms with van der Waals surface area (Å²) in [4.78, 5) is 16.4. The minimum Gasteiger partial charge on any atom is -0.353 e. The first kappa shape index (κ1) is 15.6. The topological polar surface area (TPSA) is 44.4 Å². The van der Waals surface area contributed by atoms with E-state index in [1.165, 1.54) is 22.6 Å². The molecular weight excluding hydrogens is 325 g/mol. The molecule has 0 saturated heterocycles. The maximum Gasteiger partial charge on any atom is 0.256 e. The molecule has 2 N–H and O–H groups in total. The summed E-state index contributed by atoms with van der Waals surface area (Å²) in [5.74, 6) is -0.310. The van der Waals surface area contributed by atoms with Crippen LogP contribution in [0, 0.1) is 5.82 Å². The van der Waals surface area contributed by atoms with Crippen molar-refractivity contribution in [1.29, 1.82) is 0 Å². The van der Waals surface area contributed by atoms with E-state index < -0.39 is 0 Å². The van der Waals surface area contributed by atoms with E-state index in [1.807, 2.05) is 0 Å². The Kier molecular flexibility index (Phi) is 3.81. The smallest absolute Gasteiger partial charge is 0.256 e. The lowest BCUT2D eigenvalue weighted by Gasteiger charge is -2.30. The molecule has 3 heterocycles. The van der Waals surface area contributed by atoms with Crippen molar-refractivity contribution in [3.8, 4) is 0 Å². The first-order valence-corrected chi connectivity index (χ1v) is 9.06. The predicted octanol–water partition coefficient (Wildman–Crippen LogP) is 3.51. The van der Waals surface area contributed by atoms with Crippen LogP contribution in [0.5, 0.6) is 0 Å². The average Bonchev–Trinajstić information content (AvgIpc) is 2.93. The van der Waals surface area contributed by atoms with Crippen molar-refractivity contribution in [2.24, 2.45) is 0 Å². The zero-order valence-electron chi connectivity index (χ0n) is 13.7. The first-order chi connectivity index (χ1) is 11.5. The monoisotopic (exact) mass is 345 g/mol. The highest BCUT2D eigenvalue weighted by atomic mass is 32.1. The number of nitrogens with zero attached hydrogens (tertiary/aromatic N) is 1. The van der Waals surface area contributed by atoms with Crippen molar-refractivity contribution in [3.63, 3.8) is 0 Å². The fourth-order valence-electron chi connectivity index (χ4n) is 3.40. The van der Waals surface area contributed by atoms with Crippen LogP contribution in [-0.4, -0.2) is 23.4 Å². The molecule has 6 heteroatoms. The Labute approximate surface area is 144 Å². The molecule has 1 aromatic carbocycles. The quantitative estimate of drug-likeness (QED) is 0.875. The molecule has 0 spiro atoms. The van der Waals surface area contributed by atoms with Crippen LogP contribution in [-0.2, 0) is 13.0 Å². The summed E-state index contributed by atoms with van der Waals surface area (Å²) in [6.45, 7) is 6.30. The van der Waals surface area contributed by atoms with Gasteiger partial charge >= 0.3 is 0 Å². The normalized spacial score (nSPS) is 20.3. The second kappa shape index (κ2) is 5.86. The molecule has 2 aliphatic heterocycles. The highest BCUT2D eigenvalue weighted by molar-refractivity contribution is 7.16. The van der Waals surface area contributed by atoms with Gasteiger partial charge in [0.2, 0.25) is 0 Å². The summed E-state index contributed by atoms with van der Waals surface area (Å²) in [5.41, 5.74) is 2.84. The average molecular weight is 345 g/mol. The molecule has 1 atom stereocenters. The zero-order chi connectivity index (χ0) is 16.8. The maximum atomic E-state index is 13.1. The molecule has 0 radical (unpaired) electrons. The van der Waals surface area contributed by atoms with Gasteiger partial charge in [-0.3, -0.25) is 9.69 Å². The van der Waals surface area contributed by atoms with Gasteiger partial charge in [-0.2, -0.15) is 0 Å². The Balaban J connectivity index is 1.65. The zero-order valence-corrected chi connectivity index (χ0v) is 14.5. The number of anilines is 1. The highest BCUT2D eigenvalue weighted by Crippen LogP contribution is 2.40. The third-order valence-electron chi connectivity index (χ3n) is 4.80. The fourth-order valence-corrected chi connectivity index (χ4v) is 4.70. The van der Waals surface area contributed by atoms with Crippen LogP contribution < -0.4 is 10.6 Å². The van der Waals surface area contributed by atoms with Crippen LogP contribution in [0.4, 0.5) is 9.39 Å². The number of nitrogens with one attached hydrogen (secondary N) is 2. The number of hydrogen-bond donors (Lipinski definition) is 2. The number of carbonyl (C=O) groups is 1. The van der Waals surface area contributed by atoms with Crippen molar-refractivity contribution in [2.75, 3.05) is 11.9 Å². The van der Waals surface area contributed by atoms with E-state index in [9.17, 15) is 9.18 Å². The third-order valence-corrected chi connectivity index (χ3v) is 5.95. The number of carbonyl (C=O) groups excluding carboxylic acids is 1. The number of benzene rings is 1. The van der Waals surface area contributed by atoms with Crippen molar-refractivity contribution in [2.45, 2.75) is 39.0 Å². The molecule has 0 saturated carbocycles. The first-order valence-electron chi connectivity index (χ1n) is 8.24. The van der Waals surface area contributed by atoms with E-state index in [4.69, 9.17) is 0 Å². The second-order valence-corrected chi connectivity index (χ2v) is 7.73. The number of thiophene rings is 1. The van der Waals surface area contributed by atoms with Gasteiger partial charge in [0, 0.05) is 24.0 Å². The molecule has 4 nitrogen and oxygen atoms in total. The van der Waals surface area contributed by atoms with E-state index in [0.29, 0.717) is 6.04 Å². The van der Waals surface area contributed by atoms with Gasteiger partial charge in [0.25, 0.3) is 5.91 Å². The van der Waals surface area contributed by atoms with E-state index >= 15 is 0 Å². The van der Waals surface area contributed by atoms with E-state index in [0.717, 1.165) is 35.6 Å². The minimum atomic E-state index is -0.313. The minimum absolute atomic E-state index is 0.0337. The van der Waals surface area contributed by atoms with Gasteiger partial charge in [0.15, 0.2) is 0 Å². The van der Waals surface area contributed by atoms with Crippen LogP contribution in [0.3, 0.4) is 0 Å². The lowest BCUT2D eigenvalue weighted by molar-refractivity contribution is 0.0934. The highest BCUT2D eigenvalue weighted by Gasteiger charge is 2.33. The molecule has 1 amide bonds. The van der Waals surface area contributed by atoms with Crippen LogP contribution in [0.15, 0.2) is 24.3 Å². The molecule has 0 aliphatic carbocycles. The summed E-state index contributed by atoms with van der Waals surface area (Å²) >= 11 is 1.68. The van der Waals surface area contributed by atoms with Crippen LogP contribution >= 0.6 is 11.3 Å². The molecule has 1 aromatic heterocycles. The van der Waals surface area contributed by atoms with Gasteiger partial charge < -0.3 is 10.6 Å². The van der Waals surface area contributed by atoms with Gasteiger partial charge in [-0.25, -0.2) is 4.39 Å². The van der Waals surface area contributed by atoms with Crippen LogP contribution in [0.1, 0.15) is 46.4 Å². The molecule has 4 rings (SSSR count). The summed E-state index contributed by atoms with van der Waals surface area (Å²) in [7, 11) is 0. The molecule has 2 aliphatic rings. The maximum absolute atomic E-state index is 13.1. The Hall–Kier alpha value is -1.92. The number of rotatable bonds is 2. The molecule has 2 aromatic rings. The van der Waals surface area contributed by atoms with Crippen LogP contribution in [0.2, 0.25) is 0 Å².